The highest BCUT2D eigenvalue weighted by Gasteiger charge is 2.31. The van der Waals surface area contributed by atoms with Crippen molar-refractivity contribution in [3.8, 4) is 0 Å². The Hall–Kier alpha value is -1.87. The van der Waals surface area contributed by atoms with Gasteiger partial charge in [-0.05, 0) is 31.2 Å². The van der Waals surface area contributed by atoms with E-state index in [0.717, 1.165) is 5.76 Å². The fourth-order valence-corrected chi connectivity index (χ4v) is 4.88. The molecule has 2 heterocycles. The molecule has 0 unspecified atom stereocenters. The Morgan fingerprint density at radius 1 is 1.19 bits per heavy atom. The number of rotatable bonds is 6. The molecule has 2 aromatic rings. The number of nitrogens with one attached hydrogen (secondary N) is 1. The molecule has 1 atom stereocenters. The molecule has 1 amide bonds. The first-order valence-electron chi connectivity index (χ1n) is 8.69. The van der Waals surface area contributed by atoms with Gasteiger partial charge in [0.15, 0.2) is 0 Å². The molecule has 9 heteroatoms. The highest BCUT2D eigenvalue weighted by atomic mass is 35.5. The van der Waals surface area contributed by atoms with E-state index < -0.39 is 10.0 Å². The minimum Gasteiger partial charge on any atom is -0.468 e. The minimum atomic E-state index is -3.66. The smallest absolute Gasteiger partial charge is 0.244 e. The van der Waals surface area contributed by atoms with Gasteiger partial charge in [0, 0.05) is 26.2 Å². The average Bonchev–Trinajstić information content (AvgIpc) is 3.21. The number of nitrogens with zero attached hydrogens (tertiary/aromatic N) is 2. The maximum atomic E-state index is 12.7. The van der Waals surface area contributed by atoms with Gasteiger partial charge < -0.3 is 9.32 Å². The molecule has 7 nitrogen and oxygen atoms in total. The van der Waals surface area contributed by atoms with Gasteiger partial charge in [-0.3, -0.25) is 10.1 Å². The Labute approximate surface area is 163 Å². The molecule has 0 saturated carbocycles. The van der Waals surface area contributed by atoms with Crippen LogP contribution in [0.3, 0.4) is 0 Å². The normalized spacial score (nSPS) is 17.0. The summed E-state index contributed by atoms with van der Waals surface area (Å²) in [6.45, 7) is 3.26. The number of hydrogen-bond acceptors (Lipinski definition) is 5. The lowest BCUT2D eigenvalue weighted by atomic mass is 10.2. The third-order valence-electron chi connectivity index (χ3n) is 4.58. The molecule has 1 aliphatic rings. The van der Waals surface area contributed by atoms with E-state index in [2.05, 4.69) is 5.32 Å². The van der Waals surface area contributed by atoms with Crippen LogP contribution in [0.1, 0.15) is 18.7 Å². The van der Waals surface area contributed by atoms with Crippen LogP contribution in [0.25, 0.3) is 0 Å². The molecule has 0 aliphatic carbocycles. The van der Waals surface area contributed by atoms with E-state index in [-0.39, 0.29) is 41.5 Å². The van der Waals surface area contributed by atoms with Crippen molar-refractivity contribution in [3.05, 3.63) is 53.4 Å². The zero-order valence-electron chi connectivity index (χ0n) is 15.0. The minimum absolute atomic E-state index is 0.0665. The maximum absolute atomic E-state index is 12.7. The summed E-state index contributed by atoms with van der Waals surface area (Å²) in [4.78, 5) is 14.2. The van der Waals surface area contributed by atoms with Crippen molar-refractivity contribution < 1.29 is 17.6 Å². The van der Waals surface area contributed by atoms with Gasteiger partial charge in [0.05, 0.1) is 23.9 Å². The van der Waals surface area contributed by atoms with Crippen molar-refractivity contribution >= 4 is 27.5 Å². The Morgan fingerprint density at radius 3 is 2.52 bits per heavy atom. The fourth-order valence-electron chi connectivity index (χ4n) is 2.96. The Balaban J connectivity index is 1.54. The number of carbonyl (C=O) groups excluding carboxylic acids is 1. The van der Waals surface area contributed by atoms with E-state index in [1.807, 2.05) is 13.0 Å². The number of sulfonamides is 1. The van der Waals surface area contributed by atoms with Crippen LogP contribution in [0.2, 0.25) is 5.02 Å². The first-order valence-corrected chi connectivity index (χ1v) is 10.5. The zero-order valence-corrected chi connectivity index (χ0v) is 16.5. The lowest BCUT2D eigenvalue weighted by molar-refractivity contribution is -0.131. The van der Waals surface area contributed by atoms with Gasteiger partial charge in [-0.2, -0.15) is 4.31 Å². The van der Waals surface area contributed by atoms with Crippen molar-refractivity contribution in [2.45, 2.75) is 17.9 Å². The summed E-state index contributed by atoms with van der Waals surface area (Å²) in [6.07, 6.45) is 1.59. The Morgan fingerprint density at radius 2 is 1.89 bits per heavy atom. The Kier molecular flexibility index (Phi) is 6.21. The topological polar surface area (TPSA) is 82.9 Å². The SMILES string of the molecule is C[C@H](NCC(=O)N1CCN(S(=O)(=O)c2ccccc2Cl)CC1)c1ccco1. The molecular weight excluding hydrogens is 390 g/mol. The second kappa shape index (κ2) is 8.43. The molecule has 1 aromatic heterocycles. The second-order valence-electron chi connectivity index (χ2n) is 6.33. The zero-order chi connectivity index (χ0) is 19.4. The lowest BCUT2D eigenvalue weighted by Crippen LogP contribution is -2.52. The molecule has 146 valence electrons. The number of halogens is 1. The van der Waals surface area contributed by atoms with Crippen LogP contribution in [0, 0.1) is 0 Å². The van der Waals surface area contributed by atoms with Crippen molar-refractivity contribution in [2.24, 2.45) is 0 Å². The van der Waals surface area contributed by atoms with Crippen LogP contribution in [-0.2, 0) is 14.8 Å². The summed E-state index contributed by atoms with van der Waals surface area (Å²) < 4.78 is 32.2. The fraction of sp³-hybridized carbons (Fsp3) is 0.389. The van der Waals surface area contributed by atoms with Gasteiger partial charge in [-0.15, -0.1) is 0 Å². The van der Waals surface area contributed by atoms with Gasteiger partial charge in [-0.25, -0.2) is 8.42 Å². The molecule has 1 fully saturated rings. The first kappa shape index (κ1) is 19.9. The summed E-state index contributed by atoms with van der Waals surface area (Å²) in [6, 6.07) is 9.95. The average molecular weight is 412 g/mol. The van der Waals surface area contributed by atoms with Crippen LogP contribution >= 0.6 is 11.6 Å². The van der Waals surface area contributed by atoms with E-state index in [9.17, 15) is 13.2 Å². The van der Waals surface area contributed by atoms with E-state index in [1.165, 1.54) is 10.4 Å². The van der Waals surface area contributed by atoms with Crippen LogP contribution in [0.5, 0.6) is 0 Å². The van der Waals surface area contributed by atoms with Crippen LogP contribution < -0.4 is 5.32 Å². The molecule has 0 radical (unpaired) electrons. The highest BCUT2D eigenvalue weighted by molar-refractivity contribution is 7.89. The lowest BCUT2D eigenvalue weighted by Gasteiger charge is -2.34. The van der Waals surface area contributed by atoms with Gasteiger partial charge in [0.1, 0.15) is 10.7 Å². The molecule has 1 aromatic carbocycles. The number of furan rings is 1. The van der Waals surface area contributed by atoms with Crippen molar-refractivity contribution in [3.63, 3.8) is 0 Å². The van der Waals surface area contributed by atoms with Gasteiger partial charge in [0.2, 0.25) is 15.9 Å². The van der Waals surface area contributed by atoms with Gasteiger partial charge in [0.25, 0.3) is 0 Å². The van der Waals surface area contributed by atoms with Crippen molar-refractivity contribution in [2.75, 3.05) is 32.7 Å². The second-order valence-corrected chi connectivity index (χ2v) is 8.65. The number of hydrogen-bond donors (Lipinski definition) is 1. The predicted octanol–water partition coefficient (Wildman–Crippen LogP) is 2.12. The van der Waals surface area contributed by atoms with Crippen molar-refractivity contribution in [1.82, 2.24) is 14.5 Å². The summed E-state index contributed by atoms with van der Waals surface area (Å²) in [7, 11) is -3.66. The van der Waals surface area contributed by atoms with Gasteiger partial charge in [-0.1, -0.05) is 23.7 Å². The molecule has 0 spiro atoms. The maximum Gasteiger partial charge on any atom is 0.244 e. The predicted molar refractivity (Wildman–Crippen MR) is 102 cm³/mol. The molecule has 3 rings (SSSR count). The highest BCUT2D eigenvalue weighted by Crippen LogP contribution is 2.25. The monoisotopic (exact) mass is 411 g/mol. The quantitative estimate of drug-likeness (QED) is 0.787. The number of benzene rings is 1. The summed E-state index contributed by atoms with van der Waals surface area (Å²) in [5.74, 6) is 0.696. The molecular formula is C18H22ClN3O4S. The molecule has 0 bridgehead atoms. The standard InChI is InChI=1S/C18H22ClN3O4S/c1-14(16-6-4-12-26-16)20-13-18(23)21-8-10-22(11-9-21)27(24,25)17-7-3-2-5-15(17)19/h2-7,12,14,20H,8-11,13H2,1H3/t14-/m0/s1. The van der Waals surface area contributed by atoms with Crippen LogP contribution in [0.4, 0.5) is 0 Å². The van der Waals surface area contributed by atoms with Gasteiger partial charge >= 0.3 is 0 Å². The molecule has 27 heavy (non-hydrogen) atoms. The van der Waals surface area contributed by atoms with Crippen molar-refractivity contribution in [1.29, 1.82) is 0 Å². The largest absolute Gasteiger partial charge is 0.468 e. The summed E-state index contributed by atoms with van der Waals surface area (Å²) in [5, 5.41) is 3.32. The number of carbonyl (C=O) groups is 1. The van der Waals surface area contributed by atoms with E-state index >= 15 is 0 Å². The first-order chi connectivity index (χ1) is 12.9. The molecule has 1 aliphatic heterocycles. The third-order valence-corrected chi connectivity index (χ3v) is 6.97. The number of piperazine rings is 1. The van der Waals surface area contributed by atoms with E-state index in [1.54, 1.807) is 35.4 Å². The Bertz CT molecular complexity index is 878. The van der Waals surface area contributed by atoms with E-state index in [4.69, 9.17) is 16.0 Å². The summed E-state index contributed by atoms with van der Waals surface area (Å²) in [5.41, 5.74) is 0. The molecule has 1 saturated heterocycles. The third kappa shape index (κ3) is 4.52. The van der Waals surface area contributed by atoms with E-state index in [0.29, 0.717) is 13.1 Å². The molecule has 1 N–H and O–H groups in total. The number of amides is 1. The van der Waals surface area contributed by atoms with Crippen LogP contribution in [-0.4, -0.2) is 56.3 Å². The summed E-state index contributed by atoms with van der Waals surface area (Å²) >= 11 is 6.03. The van der Waals surface area contributed by atoms with Crippen LogP contribution in [0.15, 0.2) is 52.0 Å².